The number of fused-ring (bicyclic) bond motifs is 10. The number of para-hydroxylation sites is 2. The third-order valence-corrected chi connectivity index (χ3v) is 12.4. The molecule has 0 aliphatic carbocycles. The van der Waals surface area contributed by atoms with Gasteiger partial charge in [0.2, 0.25) is 0 Å². The van der Waals surface area contributed by atoms with Gasteiger partial charge in [-0.25, -0.2) is 15.0 Å². The first-order valence-corrected chi connectivity index (χ1v) is 21.2. The van der Waals surface area contributed by atoms with E-state index in [9.17, 15) is 0 Å². The Morgan fingerprint density at radius 1 is 0.286 bits per heavy atom. The summed E-state index contributed by atoms with van der Waals surface area (Å²) in [4.78, 5) is 15.1. The van der Waals surface area contributed by atoms with Crippen LogP contribution in [0.4, 0.5) is 0 Å². The van der Waals surface area contributed by atoms with Gasteiger partial charge in [-0.3, -0.25) is 0 Å². The fourth-order valence-electron chi connectivity index (χ4n) is 9.49. The molecule has 6 nitrogen and oxygen atoms in total. The standard InChI is InChI=1S/C57H35N5O/c1-5-15-36(16-6-1)39-25-28-44-43-23-13-14-24-47(43)62(49(44)33-39)42-27-31-51-46(35-42)54-52(63-51)32-30-48-53(54)45-29-26-40(34-50(45)61(48)41-21-11-4-12-22-41)57-59-55(37-17-7-2-8-18-37)58-56(60-57)38-19-9-3-10-20-38/h1-35H. The number of aromatic nitrogens is 5. The normalized spacial score (nSPS) is 11.8. The van der Waals surface area contributed by atoms with Crippen molar-refractivity contribution in [2.24, 2.45) is 0 Å². The van der Waals surface area contributed by atoms with Crippen molar-refractivity contribution in [1.82, 2.24) is 24.1 Å². The minimum atomic E-state index is 0.611. The molecular weight excluding hydrogens is 771 g/mol. The van der Waals surface area contributed by atoms with Crippen molar-refractivity contribution in [2.45, 2.75) is 0 Å². The largest absolute Gasteiger partial charge is 0.456 e. The van der Waals surface area contributed by atoms with Crippen LogP contribution in [0.3, 0.4) is 0 Å². The van der Waals surface area contributed by atoms with E-state index in [1.807, 2.05) is 60.7 Å². The summed E-state index contributed by atoms with van der Waals surface area (Å²) in [7, 11) is 0. The molecule has 13 aromatic rings. The van der Waals surface area contributed by atoms with Crippen LogP contribution in [0.5, 0.6) is 0 Å². The summed E-state index contributed by atoms with van der Waals surface area (Å²) >= 11 is 0. The van der Waals surface area contributed by atoms with Gasteiger partial charge < -0.3 is 13.6 Å². The first kappa shape index (κ1) is 35.2. The van der Waals surface area contributed by atoms with E-state index in [4.69, 9.17) is 19.4 Å². The summed E-state index contributed by atoms with van der Waals surface area (Å²) in [6.45, 7) is 0. The van der Waals surface area contributed by atoms with E-state index >= 15 is 0 Å². The summed E-state index contributed by atoms with van der Waals surface area (Å²) < 4.78 is 11.5. The van der Waals surface area contributed by atoms with Gasteiger partial charge in [0, 0.05) is 60.4 Å². The molecule has 0 saturated heterocycles. The van der Waals surface area contributed by atoms with Gasteiger partial charge >= 0.3 is 0 Å². The fourth-order valence-corrected chi connectivity index (χ4v) is 9.49. The molecule has 294 valence electrons. The molecule has 0 bridgehead atoms. The van der Waals surface area contributed by atoms with E-state index in [0.29, 0.717) is 17.5 Å². The predicted octanol–water partition coefficient (Wildman–Crippen LogP) is 14.6. The van der Waals surface area contributed by atoms with Crippen LogP contribution in [0, 0.1) is 0 Å². The summed E-state index contributed by atoms with van der Waals surface area (Å²) in [6.07, 6.45) is 0. The smallest absolute Gasteiger partial charge is 0.164 e. The Bertz CT molecular complexity index is 3830. The van der Waals surface area contributed by atoms with Crippen molar-refractivity contribution in [1.29, 1.82) is 0 Å². The number of rotatable bonds is 6. The zero-order valence-electron chi connectivity index (χ0n) is 33.9. The van der Waals surface area contributed by atoms with Crippen LogP contribution in [-0.2, 0) is 0 Å². The van der Waals surface area contributed by atoms with Crippen LogP contribution in [0.25, 0.3) is 122 Å². The van der Waals surface area contributed by atoms with Crippen LogP contribution in [0.15, 0.2) is 217 Å². The lowest BCUT2D eigenvalue weighted by molar-refractivity contribution is 0.669. The first-order chi connectivity index (χ1) is 31.2. The minimum absolute atomic E-state index is 0.611. The van der Waals surface area contributed by atoms with Crippen LogP contribution in [-0.4, -0.2) is 24.1 Å². The molecule has 9 aromatic carbocycles. The molecule has 4 aromatic heterocycles. The molecule has 63 heavy (non-hydrogen) atoms. The van der Waals surface area contributed by atoms with Gasteiger partial charge in [-0.1, -0.05) is 152 Å². The molecule has 0 atom stereocenters. The maximum Gasteiger partial charge on any atom is 0.164 e. The Hall–Kier alpha value is -8.61. The molecule has 0 radical (unpaired) electrons. The molecule has 0 unspecified atom stereocenters. The quantitative estimate of drug-likeness (QED) is 0.168. The summed E-state index contributed by atoms with van der Waals surface area (Å²) in [6, 6.07) is 74.4. The number of nitrogens with zero attached hydrogens (tertiary/aromatic N) is 5. The summed E-state index contributed by atoms with van der Waals surface area (Å²) in [5.74, 6) is 1.87. The lowest BCUT2D eigenvalue weighted by Crippen LogP contribution is -2.00. The summed E-state index contributed by atoms with van der Waals surface area (Å²) in [5, 5.41) is 6.83. The van der Waals surface area contributed by atoms with E-state index in [-0.39, 0.29) is 0 Å². The van der Waals surface area contributed by atoms with Crippen LogP contribution < -0.4 is 0 Å². The average molecular weight is 806 g/mol. The molecule has 0 fully saturated rings. The molecule has 0 aliphatic rings. The number of benzene rings is 9. The molecule has 6 heteroatoms. The molecule has 0 spiro atoms. The number of hydrogen-bond donors (Lipinski definition) is 0. The second-order valence-electron chi connectivity index (χ2n) is 16.0. The van der Waals surface area contributed by atoms with Crippen LogP contribution in [0.1, 0.15) is 0 Å². The van der Waals surface area contributed by atoms with Gasteiger partial charge in [0.1, 0.15) is 11.2 Å². The molecule has 0 N–H and O–H groups in total. The minimum Gasteiger partial charge on any atom is -0.456 e. The lowest BCUT2D eigenvalue weighted by atomic mass is 10.0. The highest BCUT2D eigenvalue weighted by atomic mass is 16.3. The van der Waals surface area contributed by atoms with Crippen molar-refractivity contribution in [2.75, 3.05) is 0 Å². The molecular formula is C57H35N5O. The van der Waals surface area contributed by atoms with E-state index in [2.05, 4.69) is 161 Å². The Balaban J connectivity index is 1.06. The van der Waals surface area contributed by atoms with Crippen molar-refractivity contribution in [3.05, 3.63) is 212 Å². The van der Waals surface area contributed by atoms with Gasteiger partial charge in [0.15, 0.2) is 17.5 Å². The van der Waals surface area contributed by atoms with Gasteiger partial charge in [-0.15, -0.1) is 0 Å². The highest BCUT2D eigenvalue weighted by Crippen LogP contribution is 2.44. The highest BCUT2D eigenvalue weighted by molar-refractivity contribution is 6.28. The Morgan fingerprint density at radius 2 is 0.810 bits per heavy atom. The van der Waals surface area contributed by atoms with Gasteiger partial charge in [-0.05, 0) is 71.8 Å². The Kier molecular flexibility index (Phi) is 7.80. The predicted molar refractivity (Wildman–Crippen MR) is 258 cm³/mol. The Morgan fingerprint density at radius 3 is 1.52 bits per heavy atom. The van der Waals surface area contributed by atoms with E-state index < -0.39 is 0 Å². The van der Waals surface area contributed by atoms with E-state index in [1.54, 1.807) is 0 Å². The lowest BCUT2D eigenvalue weighted by Gasteiger charge is -2.10. The molecule has 13 rings (SSSR count). The van der Waals surface area contributed by atoms with Gasteiger partial charge in [0.05, 0.1) is 22.1 Å². The van der Waals surface area contributed by atoms with Crippen molar-refractivity contribution in [3.63, 3.8) is 0 Å². The fraction of sp³-hybridized carbons (Fsp3) is 0. The molecule has 0 amide bonds. The maximum absolute atomic E-state index is 6.71. The molecule has 4 heterocycles. The van der Waals surface area contributed by atoms with Crippen molar-refractivity contribution >= 4 is 65.6 Å². The third-order valence-electron chi connectivity index (χ3n) is 12.4. The van der Waals surface area contributed by atoms with Gasteiger partial charge in [0.25, 0.3) is 0 Å². The molecule has 0 saturated carbocycles. The van der Waals surface area contributed by atoms with Gasteiger partial charge in [-0.2, -0.15) is 0 Å². The number of furan rings is 1. The maximum atomic E-state index is 6.71. The van der Waals surface area contributed by atoms with Crippen molar-refractivity contribution < 1.29 is 4.42 Å². The Labute approximate surface area is 361 Å². The third kappa shape index (κ3) is 5.62. The van der Waals surface area contributed by atoms with E-state index in [0.717, 1.165) is 82.8 Å². The second-order valence-corrected chi connectivity index (χ2v) is 16.0. The zero-order valence-corrected chi connectivity index (χ0v) is 33.9. The van der Waals surface area contributed by atoms with E-state index in [1.165, 1.54) is 21.9 Å². The van der Waals surface area contributed by atoms with Crippen molar-refractivity contribution in [3.8, 4) is 56.7 Å². The topological polar surface area (TPSA) is 61.7 Å². The monoisotopic (exact) mass is 805 g/mol. The second kappa shape index (κ2) is 14.0. The van der Waals surface area contributed by atoms with Crippen LogP contribution in [0.2, 0.25) is 0 Å². The highest BCUT2D eigenvalue weighted by Gasteiger charge is 2.22. The zero-order chi connectivity index (χ0) is 41.4. The average Bonchev–Trinajstić information content (AvgIpc) is 4.01. The summed E-state index contributed by atoms with van der Waals surface area (Å²) in [5.41, 5.74) is 13.4. The number of hydrogen-bond acceptors (Lipinski definition) is 4. The first-order valence-electron chi connectivity index (χ1n) is 21.2. The SMILES string of the molecule is c1ccc(-c2ccc3c4ccccc4n(-c4ccc5oc6ccc7c(c8ccc(-c9nc(-c%10ccccc%10)nc(-c%10ccccc%10)n9)cc8n7-c7ccccc7)c6c5c4)c3c2)cc1. The molecule has 0 aliphatic heterocycles. The van der Waals surface area contributed by atoms with Crippen LogP contribution >= 0.6 is 0 Å².